The zero-order chi connectivity index (χ0) is 73.5. The van der Waals surface area contributed by atoms with Crippen LogP contribution in [0, 0.1) is 153 Å². The van der Waals surface area contributed by atoms with E-state index in [2.05, 4.69) is 60.7 Å². The number of nitrogens with zero attached hydrogens (tertiary/aromatic N) is 12. The van der Waals surface area contributed by atoms with Crippen LogP contribution in [0.5, 0.6) is 23.0 Å². The van der Waals surface area contributed by atoms with Crippen LogP contribution in [0.2, 0.25) is 0 Å². The SMILES string of the molecule is CO.CO.CO.CO.C[O-].C[O-].C[O-].C[O-].[Dy+3].[Dy+3].[Dy+3].[Dy+3].[O-]/C(=N\N=C\c1ccccc1[O-])c1cccc(CO)n1.[O-]/C(=N\N=C\c1ccccc1[O-])c1cccc(CO)n1.[O-]/C(=N\N=C\c1ccccc1[O-])c1cccc(CO)n1.[O-]/C(=N\N=C\c1ccccc1[O-])c1cccc(CO)n1. The molecule has 0 bridgehead atoms. The number of hydrogen-bond acceptors (Lipinski definition) is 32. The van der Waals surface area contributed by atoms with Gasteiger partial charge in [0.1, 0.15) is 0 Å². The molecule has 0 saturated carbocycles. The van der Waals surface area contributed by atoms with Crippen molar-refractivity contribution >= 4 is 48.4 Å². The second-order valence-corrected chi connectivity index (χ2v) is 15.4. The number of aliphatic hydroxyl groups excluding tert-OH is 8. The number of aromatic nitrogens is 4. The minimum absolute atomic E-state index is 0. The third-order valence-corrected chi connectivity index (χ3v) is 9.81. The van der Waals surface area contributed by atoms with Gasteiger partial charge >= 0.3 is 153 Å². The molecule has 36 heteroatoms. The molecule has 0 spiro atoms. The third-order valence-electron chi connectivity index (χ3n) is 9.81. The Morgan fingerprint density at radius 2 is 0.440 bits per heavy atom. The normalized spacial score (nSPS) is 10.0. The molecule has 0 aliphatic rings. The quantitative estimate of drug-likeness (QED) is 0.0253. The van der Waals surface area contributed by atoms with E-state index in [9.17, 15) is 40.9 Å². The molecular formula is C64H72Dy4N12O20. The molecule has 4 radical (unpaired) electrons. The maximum atomic E-state index is 11.7. The molecule has 32 nitrogen and oxygen atoms in total. The molecule has 0 unspecified atom stereocenters. The average Bonchev–Trinajstić information content (AvgIpc) is 0.975. The van der Waals surface area contributed by atoms with Crippen LogP contribution in [0.15, 0.2) is 211 Å². The van der Waals surface area contributed by atoms with Crippen molar-refractivity contribution < 1.29 is 255 Å². The van der Waals surface area contributed by atoms with Crippen LogP contribution >= 0.6 is 0 Å². The van der Waals surface area contributed by atoms with Crippen molar-refractivity contribution in [2.45, 2.75) is 26.4 Å². The van der Waals surface area contributed by atoms with Crippen molar-refractivity contribution in [3.8, 4) is 23.0 Å². The van der Waals surface area contributed by atoms with Crippen LogP contribution in [0.1, 0.15) is 67.8 Å². The van der Waals surface area contributed by atoms with E-state index in [0.717, 1.165) is 56.9 Å². The fourth-order valence-electron chi connectivity index (χ4n) is 5.87. The Balaban J connectivity index is -0.000000174. The fourth-order valence-corrected chi connectivity index (χ4v) is 5.87. The molecule has 0 amide bonds. The smallest absolute Gasteiger partial charge is 0.872 e. The topological polar surface area (TPSA) is 589 Å². The Morgan fingerprint density at radius 3 is 0.590 bits per heavy atom. The molecule has 0 fully saturated rings. The van der Waals surface area contributed by atoms with E-state index in [1.54, 1.807) is 121 Å². The van der Waals surface area contributed by atoms with Crippen molar-refractivity contribution in [1.29, 1.82) is 0 Å². The second-order valence-electron chi connectivity index (χ2n) is 15.4. The minimum atomic E-state index is -0.639. The Bertz CT molecular complexity index is 3120. The molecular weight excluding hydrogens is 1910 g/mol. The molecule has 0 saturated heterocycles. The molecule has 4 aromatic heterocycles. The van der Waals surface area contributed by atoms with E-state index in [1.807, 2.05) is 0 Å². The summed E-state index contributed by atoms with van der Waals surface area (Å²) < 4.78 is 0. The molecule has 4 aromatic carbocycles. The van der Waals surface area contributed by atoms with Crippen molar-refractivity contribution in [1.82, 2.24) is 19.9 Å². The Hall–Kier alpha value is -6.15. The van der Waals surface area contributed by atoms with Gasteiger partial charge in [-0.1, -0.05) is 144 Å². The monoisotopic (exact) mass is 1980 g/mol. The van der Waals surface area contributed by atoms with Gasteiger partial charge in [-0.2, -0.15) is 69.3 Å². The van der Waals surface area contributed by atoms with Gasteiger partial charge in [-0.25, -0.2) is 19.9 Å². The van der Waals surface area contributed by atoms with Gasteiger partial charge in [0.2, 0.25) is 0 Å². The zero-order valence-electron chi connectivity index (χ0n) is 54.4. The van der Waals surface area contributed by atoms with Crippen LogP contribution in [0.25, 0.3) is 0 Å². The maximum absolute atomic E-state index is 11.7. The first-order valence-electron chi connectivity index (χ1n) is 26.7. The van der Waals surface area contributed by atoms with Crippen molar-refractivity contribution in [2.75, 3.05) is 56.9 Å². The van der Waals surface area contributed by atoms with Crippen LogP contribution < -0.4 is 61.3 Å². The summed E-state index contributed by atoms with van der Waals surface area (Å²) in [4.78, 5) is 15.6. The van der Waals surface area contributed by atoms with Gasteiger partial charge in [0, 0.05) is 52.0 Å². The van der Waals surface area contributed by atoms with E-state index >= 15 is 0 Å². The summed E-state index contributed by atoms with van der Waals surface area (Å²) in [5.74, 6) is -3.34. The minimum Gasteiger partial charge on any atom is -0.872 e. The van der Waals surface area contributed by atoms with E-state index in [-0.39, 0.29) is 225 Å². The molecule has 100 heavy (non-hydrogen) atoms. The van der Waals surface area contributed by atoms with Gasteiger partial charge in [0.15, 0.2) is 0 Å². The van der Waals surface area contributed by atoms with Gasteiger partial charge in [-0.15, -0.1) is 0 Å². The first-order chi connectivity index (χ1) is 46.8. The Morgan fingerprint density at radius 1 is 0.280 bits per heavy atom. The predicted octanol–water partition coefficient (Wildman–Crippen LogP) is -6.51. The third kappa shape index (κ3) is 47.9. The van der Waals surface area contributed by atoms with Gasteiger partial charge in [0.25, 0.3) is 0 Å². The van der Waals surface area contributed by atoms with Gasteiger partial charge in [-0.05, 0) is 70.8 Å². The molecule has 0 aliphatic carbocycles. The Labute approximate surface area is 699 Å². The Kier molecular flexibility index (Phi) is 82.9. The summed E-state index contributed by atoms with van der Waals surface area (Å²) in [5, 5.41) is 217. The van der Waals surface area contributed by atoms with E-state index in [4.69, 9.17) is 61.3 Å². The first kappa shape index (κ1) is 110. The molecule has 0 atom stereocenters. The predicted molar refractivity (Wildman–Crippen MR) is 337 cm³/mol. The molecule has 0 aliphatic heterocycles. The summed E-state index contributed by atoms with van der Waals surface area (Å²) in [5.41, 5.74) is 3.24. The molecule has 548 valence electrons. The number of rotatable bonds is 16. The molecule has 8 aromatic rings. The van der Waals surface area contributed by atoms with Crippen molar-refractivity contribution in [3.63, 3.8) is 0 Å². The number of hydrogen-bond donors (Lipinski definition) is 8. The van der Waals surface area contributed by atoms with Gasteiger partial charge in [-0.3, -0.25) is 0 Å². The van der Waals surface area contributed by atoms with Crippen LogP contribution in [0.3, 0.4) is 0 Å². The second kappa shape index (κ2) is 75.5. The number of para-hydroxylation sites is 4. The number of aliphatic hydroxyl groups is 8. The summed E-state index contributed by atoms with van der Waals surface area (Å²) in [6.07, 6.45) is 4.87. The van der Waals surface area contributed by atoms with E-state index in [1.165, 1.54) is 73.4 Å². The largest absolute Gasteiger partial charge is 3.00 e. The standard InChI is InChI=1S/4C14H13N3O3.4CH4O.4CH3O.4Dy/c4*18-9-11-5-3-6-12(16-11)14(20)17-15-8-10-4-1-2-7-13(10)19;8*1-2;;;;/h4*1-8,18-19H,9H2,(H,17,20);4*2H,1H3;4*1H3;;;;/q;;;;;;;;4*-1;4*+3/p-8/b4*15-8+;;;;;;;;;;;;. The number of benzene rings is 4. The summed E-state index contributed by atoms with van der Waals surface area (Å²) in [6, 6.07) is 43.8. The number of pyridine rings is 4. The first-order valence-corrected chi connectivity index (χ1v) is 26.7. The van der Waals surface area contributed by atoms with Crippen LogP contribution in [-0.4, -0.2) is 166 Å². The van der Waals surface area contributed by atoms with Crippen molar-refractivity contribution in [2.24, 2.45) is 40.8 Å². The molecule has 4 heterocycles. The van der Waals surface area contributed by atoms with Gasteiger partial charge < -0.3 is 102 Å². The molecule has 8 N–H and O–H groups in total. The molecule has 8 rings (SSSR count). The van der Waals surface area contributed by atoms with Crippen LogP contribution in [0.4, 0.5) is 0 Å². The van der Waals surface area contributed by atoms with E-state index in [0.29, 0.717) is 45.0 Å². The van der Waals surface area contributed by atoms with Crippen LogP contribution in [-0.2, 0) is 26.4 Å². The maximum Gasteiger partial charge on any atom is 3.00 e. The average molecular weight is 1980 g/mol. The van der Waals surface area contributed by atoms with Crippen molar-refractivity contribution in [3.05, 3.63) is 238 Å². The summed E-state index contributed by atoms with van der Waals surface area (Å²) >= 11 is 0. The fraction of sp³-hybridized carbons (Fsp3) is 0.188. The zero-order valence-corrected chi connectivity index (χ0v) is 62.5. The summed E-state index contributed by atoms with van der Waals surface area (Å²) in [6.45, 7) is -1.02. The van der Waals surface area contributed by atoms with E-state index < -0.39 is 23.6 Å². The van der Waals surface area contributed by atoms with Gasteiger partial charge in [0.05, 0.1) is 96.8 Å². The summed E-state index contributed by atoms with van der Waals surface area (Å²) in [7, 11) is 7.00.